The smallest absolute Gasteiger partial charge is 0.441 e. The molecule has 62 heavy (non-hydrogen) atoms. The highest BCUT2D eigenvalue weighted by molar-refractivity contribution is 8.76. The van der Waals surface area contributed by atoms with Crippen molar-refractivity contribution in [2.45, 2.75) is 145 Å². The Balaban J connectivity index is 0.000000489. The molecule has 15 heteroatoms. The molecule has 3 nitrogen and oxygen atoms in total. The molecular weight excluding hydrogens is 919 g/mol. The Labute approximate surface area is 394 Å². The Kier molecular flexibility index (Phi) is 29.0. The average molecular weight is 987 g/mol. The zero-order valence-corrected chi connectivity index (χ0v) is 42.7. The van der Waals surface area contributed by atoms with Gasteiger partial charge in [0.2, 0.25) is 0 Å². The first-order chi connectivity index (χ1) is 29.4. The van der Waals surface area contributed by atoms with Crippen molar-refractivity contribution in [2.75, 3.05) is 55.3 Å². The van der Waals surface area contributed by atoms with E-state index in [-0.39, 0.29) is 17.5 Å². The van der Waals surface area contributed by atoms with Crippen molar-refractivity contribution >= 4 is 68.6 Å². The van der Waals surface area contributed by atoms with E-state index in [1.54, 1.807) is 27.7 Å². The fraction of sp³-hybridized carbons (Fsp3) is 0.617. The molecule has 352 valence electrons. The molecular formula is C47H68F6O3S6. The zero-order valence-electron chi connectivity index (χ0n) is 37.8. The van der Waals surface area contributed by atoms with Crippen molar-refractivity contribution in [3.63, 3.8) is 0 Å². The number of rotatable bonds is 29. The molecule has 0 spiro atoms. The Hall–Kier alpha value is -1.26. The molecule has 0 atom stereocenters. The summed E-state index contributed by atoms with van der Waals surface area (Å²) in [5.74, 6) is 4.23. The predicted octanol–water partition coefficient (Wildman–Crippen LogP) is 17.5. The number of hydrogen-bond donors (Lipinski definition) is 0. The largest absolute Gasteiger partial charge is 0.493 e. The maximum Gasteiger partial charge on any atom is 0.441 e. The lowest BCUT2D eigenvalue weighted by Gasteiger charge is -2.15. The molecule has 0 aliphatic carbocycles. The van der Waals surface area contributed by atoms with Crippen LogP contribution in [0, 0.1) is 41.5 Å². The summed E-state index contributed by atoms with van der Waals surface area (Å²) in [4.78, 5) is 3.01. The highest BCUT2D eigenvalue weighted by Gasteiger charge is 2.28. The number of halogens is 6. The van der Waals surface area contributed by atoms with Crippen LogP contribution in [0.4, 0.5) is 26.3 Å². The van der Waals surface area contributed by atoms with E-state index in [0.29, 0.717) is 30.3 Å². The third kappa shape index (κ3) is 25.4. The van der Waals surface area contributed by atoms with E-state index in [9.17, 15) is 26.3 Å². The van der Waals surface area contributed by atoms with Crippen LogP contribution < -0.4 is 14.2 Å². The fourth-order valence-corrected chi connectivity index (χ4v) is 11.0. The first-order valence-corrected chi connectivity index (χ1v) is 28.3. The second-order valence-electron chi connectivity index (χ2n) is 15.3. The molecule has 0 bridgehead atoms. The van der Waals surface area contributed by atoms with Gasteiger partial charge in [0, 0.05) is 20.4 Å². The minimum atomic E-state index is -4.15. The van der Waals surface area contributed by atoms with Crippen LogP contribution in [0.5, 0.6) is 17.2 Å². The van der Waals surface area contributed by atoms with Crippen LogP contribution in [-0.4, -0.2) is 67.0 Å². The molecule has 0 heterocycles. The van der Waals surface area contributed by atoms with Crippen molar-refractivity contribution < 1.29 is 40.6 Å². The lowest BCUT2D eigenvalue weighted by atomic mass is 10.1. The highest BCUT2D eigenvalue weighted by atomic mass is 33.1. The maximum absolute atomic E-state index is 12.4. The number of ether oxygens (including phenoxy) is 3. The van der Waals surface area contributed by atoms with Gasteiger partial charge in [-0.05, 0) is 156 Å². The zero-order chi connectivity index (χ0) is 46.0. The van der Waals surface area contributed by atoms with E-state index in [2.05, 4.69) is 64.5 Å². The van der Waals surface area contributed by atoms with Crippen LogP contribution in [-0.2, 0) is 0 Å². The van der Waals surface area contributed by atoms with E-state index in [1.807, 2.05) is 43.4 Å². The molecule has 0 N–H and O–H groups in total. The van der Waals surface area contributed by atoms with Crippen LogP contribution in [0.1, 0.15) is 110 Å². The molecule has 3 rings (SSSR count). The molecule has 0 saturated carbocycles. The second-order valence-corrected chi connectivity index (χ2v) is 21.6. The summed E-state index contributed by atoms with van der Waals surface area (Å²) in [7, 11) is 3.47. The van der Waals surface area contributed by atoms with Crippen molar-refractivity contribution in [1.29, 1.82) is 0 Å². The van der Waals surface area contributed by atoms with Gasteiger partial charge in [0.25, 0.3) is 0 Å². The van der Waals surface area contributed by atoms with Crippen molar-refractivity contribution in [1.82, 2.24) is 0 Å². The van der Waals surface area contributed by atoms with Crippen LogP contribution in [0.3, 0.4) is 0 Å². The number of alkyl halides is 6. The lowest BCUT2D eigenvalue weighted by Crippen LogP contribution is -2.10. The molecule has 0 amide bonds. The van der Waals surface area contributed by atoms with Gasteiger partial charge in [-0.2, -0.15) is 49.9 Å². The normalized spacial score (nSPS) is 11.7. The summed E-state index contributed by atoms with van der Waals surface area (Å²) in [5.41, 5.74) is 2.43. The van der Waals surface area contributed by atoms with Gasteiger partial charge in [0.15, 0.2) is 0 Å². The minimum absolute atomic E-state index is 0.0681. The summed E-state index contributed by atoms with van der Waals surface area (Å²) in [6.07, 6.45) is 12.6. The summed E-state index contributed by atoms with van der Waals surface area (Å²) in [5, 5.41) is 0. The third-order valence-electron chi connectivity index (χ3n) is 9.59. The molecule has 0 radical (unpaired) electrons. The van der Waals surface area contributed by atoms with Gasteiger partial charge in [-0.3, -0.25) is 0 Å². The number of thioether (sulfide) groups is 4. The van der Waals surface area contributed by atoms with Crippen LogP contribution in [0.2, 0.25) is 0 Å². The molecule has 0 fully saturated rings. The van der Waals surface area contributed by atoms with E-state index >= 15 is 0 Å². The topological polar surface area (TPSA) is 27.7 Å². The first-order valence-electron chi connectivity index (χ1n) is 21.4. The van der Waals surface area contributed by atoms with Gasteiger partial charge in [-0.15, -0.1) is 11.8 Å². The van der Waals surface area contributed by atoms with Gasteiger partial charge < -0.3 is 14.2 Å². The Bertz CT molecular complexity index is 1710. The van der Waals surface area contributed by atoms with Gasteiger partial charge in [-0.1, -0.05) is 90.1 Å². The molecule has 0 saturated heterocycles. The average Bonchev–Trinajstić information content (AvgIpc) is 3.19. The van der Waals surface area contributed by atoms with Gasteiger partial charge in [0.1, 0.15) is 17.2 Å². The van der Waals surface area contributed by atoms with Crippen molar-refractivity contribution in [2.24, 2.45) is 0 Å². The number of hydrogen-bond acceptors (Lipinski definition) is 9. The Morgan fingerprint density at radius 1 is 0.419 bits per heavy atom. The van der Waals surface area contributed by atoms with Gasteiger partial charge >= 0.3 is 11.7 Å². The first kappa shape index (κ1) is 56.9. The molecule has 3 aromatic carbocycles. The van der Waals surface area contributed by atoms with Crippen molar-refractivity contribution in [3.05, 3.63) is 69.8 Å². The Morgan fingerprint density at radius 2 is 0.758 bits per heavy atom. The lowest BCUT2D eigenvalue weighted by molar-refractivity contribution is -0.105. The monoisotopic (exact) mass is 986 g/mol. The quantitative estimate of drug-likeness (QED) is 0.0292. The molecule has 3 aromatic rings. The van der Waals surface area contributed by atoms with Gasteiger partial charge in [0.05, 0.1) is 25.6 Å². The second kappa shape index (κ2) is 31.6. The molecule has 0 aliphatic heterocycles. The van der Waals surface area contributed by atoms with Crippen LogP contribution in [0.15, 0.2) is 51.1 Å². The van der Waals surface area contributed by atoms with Crippen LogP contribution in [0.25, 0.3) is 0 Å². The van der Waals surface area contributed by atoms with Gasteiger partial charge in [-0.25, -0.2) is 0 Å². The summed E-state index contributed by atoms with van der Waals surface area (Å²) < 4.78 is 91.7. The minimum Gasteiger partial charge on any atom is -0.493 e. The van der Waals surface area contributed by atoms with Crippen molar-refractivity contribution in [3.8, 4) is 17.2 Å². The SMILES string of the molecule is CSCCCCCCOc1cc(SCC(F)(F)F)c(C)cc1C.CSCCCCCCOc1cc(SSc2cc(OCCCCCCSC(F)(F)F)c(C)cc2C)c(C)cc1C. The number of unbranched alkanes of at least 4 members (excludes halogenated alkanes) is 9. The van der Waals surface area contributed by atoms with E-state index < -0.39 is 17.4 Å². The van der Waals surface area contributed by atoms with E-state index in [1.165, 1.54) is 65.2 Å². The molecule has 0 aliphatic rings. The molecule has 0 unspecified atom stereocenters. The predicted molar refractivity (Wildman–Crippen MR) is 263 cm³/mol. The highest BCUT2D eigenvalue weighted by Crippen LogP contribution is 2.44. The third-order valence-corrected chi connectivity index (χ3v) is 15.7. The molecule has 0 aromatic heterocycles. The fourth-order valence-electron chi connectivity index (χ4n) is 6.19. The standard InChI is InChI=1S/C30H43F3O2S4.C17H25F3OS2/c1-22-18-24(3)28(20-26(22)34-14-10-6-8-12-16-36-5)38-39-29-21-27(23(2)19-25(29)4)35-15-11-7-9-13-17-37-30(31,32)33;1-13-10-14(2)16(23-12-17(18,19)20)11-15(13)21-8-6-4-5-7-9-22-3/h18-21H,6-17H2,1-5H3;10-11H,4-9,12H2,1-3H3. The summed E-state index contributed by atoms with van der Waals surface area (Å²) in [6.45, 7) is 14.1. The maximum atomic E-state index is 12.4. The van der Waals surface area contributed by atoms with Crippen LogP contribution >= 0.6 is 68.6 Å². The Morgan fingerprint density at radius 3 is 1.11 bits per heavy atom. The number of aryl methyl sites for hydroxylation is 6. The van der Waals surface area contributed by atoms with E-state index in [0.717, 1.165) is 90.0 Å². The summed E-state index contributed by atoms with van der Waals surface area (Å²) >= 11 is 4.66. The summed E-state index contributed by atoms with van der Waals surface area (Å²) in [6, 6.07) is 12.3. The number of benzene rings is 3. The van der Waals surface area contributed by atoms with E-state index in [4.69, 9.17) is 14.2 Å².